The monoisotopic (exact) mass is 521 g/mol. The summed E-state index contributed by atoms with van der Waals surface area (Å²) in [5, 5.41) is 0. The molecular weight excluding hydrogens is 458 g/mol. The predicted molar refractivity (Wildman–Crippen MR) is 151 cm³/mol. The first-order valence-electron chi connectivity index (χ1n) is 15.0. The molecule has 0 aliphatic rings. The molecule has 0 radical (unpaired) electrons. The molecule has 35 heavy (non-hydrogen) atoms. The molecule has 214 valence electrons. The molecule has 0 aromatic heterocycles. The van der Waals surface area contributed by atoms with Crippen LogP contribution >= 0.6 is 0 Å². The normalized spacial score (nSPS) is 12.9. The van der Waals surface area contributed by atoms with Gasteiger partial charge in [0.05, 0.1) is 33.8 Å². The van der Waals surface area contributed by atoms with Crippen LogP contribution in [-0.2, 0) is 14.6 Å². The van der Waals surface area contributed by atoms with Crippen molar-refractivity contribution in [3.05, 3.63) is 0 Å². The van der Waals surface area contributed by atoms with E-state index in [1.165, 1.54) is 146 Å². The van der Waals surface area contributed by atoms with Crippen molar-refractivity contribution in [2.75, 3.05) is 27.7 Å². The van der Waals surface area contributed by atoms with E-state index in [9.17, 15) is 13.0 Å². The topological polar surface area (TPSA) is 66.4 Å². The molecular formula is C29H63NO4S. The lowest BCUT2D eigenvalue weighted by molar-refractivity contribution is -0.915. The maximum atomic E-state index is 9.22. The SMILES string of the molecule is CCCCCCCCCCCCCCCCCC[N+](C)(C)C(CC)CCCCC.COS(=O)(=O)[O-]. The van der Waals surface area contributed by atoms with E-state index in [0.29, 0.717) is 0 Å². The summed E-state index contributed by atoms with van der Waals surface area (Å²) < 4.78 is 32.3. The van der Waals surface area contributed by atoms with Crippen molar-refractivity contribution in [2.24, 2.45) is 0 Å². The minimum Gasteiger partial charge on any atom is -0.726 e. The smallest absolute Gasteiger partial charge is 0.217 e. The molecule has 0 aromatic rings. The van der Waals surface area contributed by atoms with Crippen LogP contribution < -0.4 is 0 Å². The standard InChI is InChI=1S/C28H60N.CH4O4S/c1-6-9-11-12-13-14-15-16-17-18-19-20-21-22-23-25-27-29(4,5)28(8-3)26-24-10-7-2;1-5-6(2,3)4/h28H,6-27H2,1-5H3;1H3,(H,2,3,4)/q+1;/p-1. The fourth-order valence-corrected chi connectivity index (χ4v) is 4.93. The van der Waals surface area contributed by atoms with Gasteiger partial charge in [-0.25, -0.2) is 8.42 Å². The highest BCUT2D eigenvalue weighted by Gasteiger charge is 2.25. The molecule has 0 aliphatic heterocycles. The molecule has 0 amide bonds. The zero-order valence-corrected chi connectivity index (χ0v) is 25.4. The highest BCUT2D eigenvalue weighted by Crippen LogP contribution is 2.20. The van der Waals surface area contributed by atoms with Gasteiger partial charge in [0.15, 0.2) is 0 Å². The van der Waals surface area contributed by atoms with Crippen LogP contribution in [0.5, 0.6) is 0 Å². The Morgan fingerprint density at radius 2 is 0.943 bits per heavy atom. The lowest BCUT2D eigenvalue weighted by Gasteiger charge is -2.38. The van der Waals surface area contributed by atoms with Crippen LogP contribution in [0.1, 0.15) is 156 Å². The van der Waals surface area contributed by atoms with Crippen LogP contribution in [0.2, 0.25) is 0 Å². The molecule has 0 N–H and O–H groups in total. The van der Waals surface area contributed by atoms with E-state index in [0.717, 1.165) is 13.2 Å². The third-order valence-corrected chi connectivity index (χ3v) is 7.80. The van der Waals surface area contributed by atoms with Gasteiger partial charge in [-0.3, -0.25) is 4.18 Å². The Morgan fingerprint density at radius 3 is 1.26 bits per heavy atom. The van der Waals surface area contributed by atoms with Gasteiger partial charge < -0.3 is 9.04 Å². The Morgan fingerprint density at radius 1 is 0.629 bits per heavy atom. The maximum Gasteiger partial charge on any atom is 0.217 e. The summed E-state index contributed by atoms with van der Waals surface area (Å²) in [6, 6.07) is 0.873. The van der Waals surface area contributed by atoms with Crippen molar-refractivity contribution >= 4 is 10.4 Å². The first kappa shape index (κ1) is 37.0. The van der Waals surface area contributed by atoms with E-state index in [-0.39, 0.29) is 0 Å². The van der Waals surface area contributed by atoms with Gasteiger partial charge >= 0.3 is 0 Å². The highest BCUT2D eigenvalue weighted by molar-refractivity contribution is 7.80. The third-order valence-electron chi connectivity index (χ3n) is 7.39. The molecule has 0 bridgehead atoms. The zero-order chi connectivity index (χ0) is 26.8. The molecule has 0 saturated heterocycles. The summed E-state index contributed by atoms with van der Waals surface area (Å²) in [6.07, 6.45) is 30.4. The van der Waals surface area contributed by atoms with Gasteiger partial charge in [-0.15, -0.1) is 0 Å². The number of hydrogen-bond donors (Lipinski definition) is 0. The molecule has 0 heterocycles. The third kappa shape index (κ3) is 28.3. The Hall–Kier alpha value is -0.170. The number of nitrogens with zero attached hydrogens (tertiary/aromatic N) is 1. The quantitative estimate of drug-likeness (QED) is 0.0551. The number of unbranched alkanes of at least 4 members (excludes halogenated alkanes) is 17. The van der Waals surface area contributed by atoms with Crippen molar-refractivity contribution < 1.29 is 21.6 Å². The lowest BCUT2D eigenvalue weighted by Crippen LogP contribution is -2.49. The Kier molecular flexibility index (Phi) is 26.9. The highest BCUT2D eigenvalue weighted by atomic mass is 32.3. The van der Waals surface area contributed by atoms with Crippen molar-refractivity contribution in [3.63, 3.8) is 0 Å². The van der Waals surface area contributed by atoms with Crippen LogP contribution in [0.25, 0.3) is 0 Å². The molecule has 5 nitrogen and oxygen atoms in total. The van der Waals surface area contributed by atoms with E-state index in [4.69, 9.17) is 0 Å². The fraction of sp³-hybridized carbons (Fsp3) is 1.00. The molecule has 6 heteroatoms. The van der Waals surface area contributed by atoms with Crippen LogP contribution in [0.4, 0.5) is 0 Å². The van der Waals surface area contributed by atoms with E-state index < -0.39 is 10.4 Å². The number of rotatable bonds is 24. The summed E-state index contributed by atoms with van der Waals surface area (Å²) in [7, 11) is 1.35. The largest absolute Gasteiger partial charge is 0.726 e. The van der Waals surface area contributed by atoms with Gasteiger partial charge in [0.1, 0.15) is 0 Å². The molecule has 1 unspecified atom stereocenters. The second-order valence-corrected chi connectivity index (χ2v) is 12.1. The van der Waals surface area contributed by atoms with Crippen LogP contribution in [0.15, 0.2) is 0 Å². The minimum atomic E-state index is -4.41. The van der Waals surface area contributed by atoms with E-state index >= 15 is 0 Å². The van der Waals surface area contributed by atoms with E-state index in [1.54, 1.807) is 0 Å². The molecule has 0 rings (SSSR count). The van der Waals surface area contributed by atoms with Gasteiger partial charge in [-0.05, 0) is 32.1 Å². The second kappa shape index (κ2) is 25.5. The maximum absolute atomic E-state index is 9.22. The summed E-state index contributed by atoms with van der Waals surface area (Å²) in [5.41, 5.74) is 0. The lowest BCUT2D eigenvalue weighted by atomic mass is 10.0. The molecule has 0 aromatic carbocycles. The minimum absolute atomic E-state index is 0.808. The first-order chi connectivity index (χ1) is 16.6. The Labute approximate surface area is 221 Å². The van der Waals surface area contributed by atoms with Gasteiger partial charge in [-0.2, -0.15) is 0 Å². The summed E-state index contributed by atoms with van der Waals surface area (Å²) in [6.45, 7) is 8.39. The second-order valence-electron chi connectivity index (χ2n) is 10.9. The van der Waals surface area contributed by atoms with Gasteiger partial charge in [0.2, 0.25) is 10.4 Å². The van der Waals surface area contributed by atoms with Crippen LogP contribution in [-0.4, -0.2) is 51.2 Å². The molecule has 0 saturated carbocycles. The van der Waals surface area contributed by atoms with E-state index in [1.807, 2.05) is 0 Å². The average Bonchev–Trinajstić information content (AvgIpc) is 2.81. The van der Waals surface area contributed by atoms with Crippen LogP contribution in [0, 0.1) is 0 Å². The van der Waals surface area contributed by atoms with Crippen molar-refractivity contribution in [1.29, 1.82) is 0 Å². The molecule has 0 aliphatic carbocycles. The predicted octanol–water partition coefficient (Wildman–Crippen LogP) is 8.78. The van der Waals surface area contributed by atoms with Gasteiger partial charge in [-0.1, -0.05) is 124 Å². The summed E-state index contributed by atoms with van der Waals surface area (Å²) in [4.78, 5) is 0. The van der Waals surface area contributed by atoms with Gasteiger partial charge in [0.25, 0.3) is 0 Å². The Bertz CT molecular complexity index is 523. The Balaban J connectivity index is 0. The average molecular weight is 522 g/mol. The molecule has 0 fully saturated rings. The summed E-state index contributed by atoms with van der Waals surface area (Å²) >= 11 is 0. The van der Waals surface area contributed by atoms with E-state index in [2.05, 4.69) is 39.0 Å². The van der Waals surface area contributed by atoms with Gasteiger partial charge in [0, 0.05) is 0 Å². The molecule has 1 atom stereocenters. The number of hydrogen-bond acceptors (Lipinski definition) is 4. The van der Waals surface area contributed by atoms with Crippen molar-refractivity contribution in [2.45, 2.75) is 162 Å². The molecule has 0 spiro atoms. The van der Waals surface area contributed by atoms with Crippen molar-refractivity contribution in [3.8, 4) is 0 Å². The first-order valence-corrected chi connectivity index (χ1v) is 16.3. The van der Waals surface area contributed by atoms with Crippen LogP contribution in [0.3, 0.4) is 0 Å². The summed E-state index contributed by atoms with van der Waals surface area (Å²) in [5.74, 6) is 0. The zero-order valence-electron chi connectivity index (χ0n) is 24.6. The van der Waals surface area contributed by atoms with Crippen molar-refractivity contribution in [1.82, 2.24) is 0 Å². The fourth-order valence-electron chi connectivity index (χ4n) is 4.93. The number of quaternary nitrogens is 1.